The molecule has 0 spiro atoms. The average Bonchev–Trinajstić information content (AvgIpc) is 4.17. The van der Waals surface area contributed by atoms with Crippen LogP contribution >= 0.6 is 0 Å². The van der Waals surface area contributed by atoms with Crippen LogP contribution in [0.4, 0.5) is 58.1 Å². The van der Waals surface area contributed by atoms with Gasteiger partial charge in [0.1, 0.15) is 48.5 Å². The normalized spacial score (nSPS) is 20.5. The lowest BCUT2D eigenvalue weighted by Crippen LogP contribution is -2.62. The molecule has 4 aliphatic rings. The van der Waals surface area contributed by atoms with Crippen LogP contribution in [0.1, 0.15) is 24.0 Å². The molecule has 416 valence electrons. The topological polar surface area (TPSA) is 254 Å². The Labute approximate surface area is 437 Å². The molecule has 4 fully saturated rings. The fraction of sp³-hybridized carbons (Fsp3) is 0.348. The second kappa shape index (κ2) is 21.7. The molecule has 0 radical (unpaired) electrons. The molecule has 0 bridgehead atoms. The van der Waals surface area contributed by atoms with Gasteiger partial charge in [-0.15, -0.1) is 0 Å². The highest BCUT2D eigenvalue weighted by Gasteiger charge is 2.47. The van der Waals surface area contributed by atoms with Gasteiger partial charge >= 0.3 is 32.8 Å². The Morgan fingerprint density at radius 3 is 1.35 bits per heavy atom. The number of carbonyl (C=O) groups excluding carboxylic acids is 2. The SMILES string of the molecule is COc1nc(-c2cccc(C(F)(F)F)c2)c(F)cc1N1C(=O)CO[C@@H]2CN(S(=O)(=O)Nc3ccon3)CC[C@H]21.COc1nc(-c2cccc(C(F)(F)F)c2)c(F)cc1N1C(=O)CO[C@H]2CN(S(=O)(=O)Nc3ccon3)CC[C@@H]21. The van der Waals surface area contributed by atoms with E-state index in [1.165, 1.54) is 60.8 Å². The van der Waals surface area contributed by atoms with E-state index >= 15 is 8.78 Å². The molecule has 0 unspecified atom stereocenters. The minimum absolute atomic E-state index is 0.00867. The molecule has 0 aliphatic carbocycles. The van der Waals surface area contributed by atoms with Gasteiger partial charge in [-0.1, -0.05) is 34.6 Å². The van der Waals surface area contributed by atoms with Crippen LogP contribution in [0.3, 0.4) is 0 Å². The number of methoxy groups -OCH3 is 2. The molecule has 0 saturated carbocycles. The number of rotatable bonds is 12. The van der Waals surface area contributed by atoms with E-state index in [2.05, 4.69) is 38.8 Å². The summed E-state index contributed by atoms with van der Waals surface area (Å²) in [6, 6.07) is 11.3. The fourth-order valence-corrected chi connectivity index (χ4v) is 11.6. The second-order valence-electron chi connectivity index (χ2n) is 17.5. The lowest BCUT2D eigenvalue weighted by Gasteiger charge is -2.45. The number of morpholine rings is 2. The number of halogens is 8. The van der Waals surface area contributed by atoms with Crippen molar-refractivity contribution in [3.05, 3.63) is 108 Å². The summed E-state index contributed by atoms with van der Waals surface area (Å²) < 4.78 is 199. The van der Waals surface area contributed by atoms with Crippen molar-refractivity contribution in [1.29, 1.82) is 0 Å². The van der Waals surface area contributed by atoms with Crippen LogP contribution < -0.4 is 28.7 Å². The molecule has 2 aromatic carbocycles. The summed E-state index contributed by atoms with van der Waals surface area (Å²) in [7, 11) is -5.59. The number of hydrogen-bond acceptors (Lipinski definition) is 16. The van der Waals surface area contributed by atoms with E-state index in [0.29, 0.717) is 0 Å². The molecule has 32 heteroatoms. The number of fused-ring (bicyclic) bond motifs is 2. The van der Waals surface area contributed by atoms with E-state index in [-0.39, 0.29) is 96.3 Å². The van der Waals surface area contributed by atoms with Gasteiger partial charge in [-0.2, -0.15) is 51.8 Å². The first-order valence-corrected chi connectivity index (χ1v) is 25.9. The van der Waals surface area contributed by atoms with Crippen molar-refractivity contribution in [2.45, 2.75) is 49.5 Å². The van der Waals surface area contributed by atoms with Crippen LogP contribution in [-0.2, 0) is 51.8 Å². The number of hydrogen-bond donors (Lipinski definition) is 2. The van der Waals surface area contributed by atoms with Crippen LogP contribution in [0, 0.1) is 11.6 Å². The average molecular weight is 1140 g/mol. The summed E-state index contributed by atoms with van der Waals surface area (Å²) >= 11 is 0. The molecule has 2 N–H and O–H groups in total. The number of pyridine rings is 2. The highest BCUT2D eigenvalue weighted by Crippen LogP contribution is 2.41. The monoisotopic (exact) mass is 1140 g/mol. The van der Waals surface area contributed by atoms with Gasteiger partial charge in [-0.05, 0) is 37.1 Å². The number of ether oxygens (including phenoxy) is 4. The fourth-order valence-electron chi connectivity index (χ4n) is 9.18. The standard InChI is InChI=1S/2C23H21F4N5O6S/c2*1-36-22-17(10-15(24)21(28-22)13-3-2-4-14(9-13)23(25,26)27)32-16-5-7-31(11-18(16)37-12-20(32)33)39(34,35)30-19-6-8-38-29-19/h2*2-4,6,8-10,16,18H,5,7,11-12H2,1H3,(H,29,30)/t2*16-,18-/m10/s1. The zero-order chi connectivity index (χ0) is 55.9. The van der Waals surface area contributed by atoms with E-state index < -0.39 is 105 Å². The summed E-state index contributed by atoms with van der Waals surface area (Å²) in [5.41, 5.74) is -3.09. The van der Waals surface area contributed by atoms with E-state index in [0.717, 1.165) is 57.1 Å². The second-order valence-corrected chi connectivity index (χ2v) is 20.8. The third kappa shape index (κ3) is 11.5. The van der Waals surface area contributed by atoms with Gasteiger partial charge in [-0.3, -0.25) is 28.8 Å². The van der Waals surface area contributed by atoms with E-state index in [1.807, 2.05) is 0 Å². The molecule has 4 aliphatic heterocycles. The number of nitrogens with one attached hydrogen (secondary N) is 2. The first-order chi connectivity index (χ1) is 36.9. The van der Waals surface area contributed by atoms with Gasteiger partial charge in [0.15, 0.2) is 23.3 Å². The Hall–Kier alpha value is -7.52. The number of aromatic nitrogens is 4. The molecule has 22 nitrogen and oxygen atoms in total. The lowest BCUT2D eigenvalue weighted by atomic mass is 9.98. The molecule has 4 aromatic heterocycles. The Morgan fingerprint density at radius 1 is 0.603 bits per heavy atom. The van der Waals surface area contributed by atoms with Crippen molar-refractivity contribution in [3.8, 4) is 34.3 Å². The summed E-state index contributed by atoms with van der Waals surface area (Å²) in [6.45, 7) is -1.12. The Balaban J connectivity index is 0.000000190. The molecular weight excluding hydrogens is 1100 g/mol. The zero-order valence-corrected chi connectivity index (χ0v) is 42.0. The van der Waals surface area contributed by atoms with Gasteiger partial charge < -0.3 is 28.0 Å². The summed E-state index contributed by atoms with van der Waals surface area (Å²) in [5, 5.41) is 7.05. The molecule has 78 heavy (non-hydrogen) atoms. The van der Waals surface area contributed by atoms with Crippen LogP contribution in [0.2, 0.25) is 0 Å². The number of anilines is 4. The molecule has 8 heterocycles. The van der Waals surface area contributed by atoms with Crippen molar-refractivity contribution in [2.75, 3.05) is 72.9 Å². The maximum Gasteiger partial charge on any atom is 0.416 e. The van der Waals surface area contributed by atoms with E-state index in [9.17, 15) is 52.8 Å². The molecule has 4 atom stereocenters. The van der Waals surface area contributed by atoms with Gasteiger partial charge in [0, 0.05) is 61.6 Å². The molecule has 2 amide bonds. The predicted molar refractivity (Wildman–Crippen MR) is 255 cm³/mol. The molecule has 10 rings (SSSR count). The van der Waals surface area contributed by atoms with Gasteiger partial charge in [0.05, 0.1) is 49.6 Å². The Morgan fingerprint density at radius 2 is 1.00 bits per heavy atom. The van der Waals surface area contributed by atoms with Crippen LogP contribution in [0.15, 0.2) is 94.4 Å². The lowest BCUT2D eigenvalue weighted by molar-refractivity contribution is -0.138. The molecular formula is C46H42F8N10O12S2. The zero-order valence-electron chi connectivity index (χ0n) is 40.4. The van der Waals surface area contributed by atoms with Crippen molar-refractivity contribution in [2.24, 2.45) is 0 Å². The minimum Gasteiger partial charge on any atom is -0.479 e. The third-order valence-electron chi connectivity index (χ3n) is 12.7. The van der Waals surface area contributed by atoms with Crippen LogP contribution in [0.5, 0.6) is 11.8 Å². The van der Waals surface area contributed by atoms with Crippen LogP contribution in [-0.4, -0.2) is 135 Å². The largest absolute Gasteiger partial charge is 0.479 e. The maximum atomic E-state index is 15.3. The van der Waals surface area contributed by atoms with Crippen molar-refractivity contribution in [3.63, 3.8) is 0 Å². The highest BCUT2D eigenvalue weighted by molar-refractivity contribution is 7.90. The Kier molecular flexibility index (Phi) is 15.4. The van der Waals surface area contributed by atoms with Crippen molar-refractivity contribution in [1.82, 2.24) is 28.9 Å². The smallest absolute Gasteiger partial charge is 0.416 e. The van der Waals surface area contributed by atoms with E-state index in [1.54, 1.807) is 0 Å². The predicted octanol–water partition coefficient (Wildman–Crippen LogP) is 6.13. The highest BCUT2D eigenvalue weighted by atomic mass is 32.2. The summed E-state index contributed by atoms with van der Waals surface area (Å²) in [4.78, 5) is 36.6. The minimum atomic E-state index is -4.64. The number of piperidine rings is 2. The summed E-state index contributed by atoms with van der Waals surface area (Å²) in [6.07, 6.45) is -8.18. The van der Waals surface area contributed by atoms with Crippen molar-refractivity contribution >= 4 is 55.2 Å². The van der Waals surface area contributed by atoms with Crippen LogP contribution in [0.25, 0.3) is 22.5 Å². The summed E-state index contributed by atoms with van der Waals surface area (Å²) in [5.74, 6) is -3.44. The Bertz CT molecular complexity index is 3190. The number of alkyl halides is 6. The first kappa shape index (κ1) is 55.2. The van der Waals surface area contributed by atoms with Gasteiger partial charge in [-0.25, -0.2) is 18.7 Å². The molecule has 4 saturated heterocycles. The molecule has 6 aromatic rings. The van der Waals surface area contributed by atoms with E-state index in [4.69, 9.17) is 18.9 Å². The quantitative estimate of drug-likeness (QED) is 0.131. The van der Waals surface area contributed by atoms with Crippen molar-refractivity contribution < 1.29 is 89.5 Å². The first-order valence-electron chi connectivity index (χ1n) is 23.0. The number of nitrogens with zero attached hydrogens (tertiary/aromatic N) is 8. The maximum absolute atomic E-state index is 15.3. The number of amides is 2. The number of benzene rings is 2. The third-order valence-corrected chi connectivity index (χ3v) is 15.7. The number of carbonyl (C=O) groups is 2. The van der Waals surface area contributed by atoms with Gasteiger partial charge in [0.2, 0.25) is 11.8 Å². The van der Waals surface area contributed by atoms with Gasteiger partial charge in [0.25, 0.3) is 11.8 Å².